The van der Waals surface area contributed by atoms with Gasteiger partial charge in [-0.2, -0.15) is 5.26 Å². The SMILES string of the molecule is COCCn1ccc(C)c(C#N)c1=O. The summed E-state index contributed by atoms with van der Waals surface area (Å²) in [4.78, 5) is 11.6. The molecule has 0 radical (unpaired) electrons. The van der Waals surface area contributed by atoms with E-state index in [1.54, 1.807) is 26.3 Å². The summed E-state index contributed by atoms with van der Waals surface area (Å²) in [6, 6.07) is 3.67. The van der Waals surface area contributed by atoms with Gasteiger partial charge in [-0.1, -0.05) is 0 Å². The minimum Gasteiger partial charge on any atom is -0.383 e. The van der Waals surface area contributed by atoms with Crippen molar-refractivity contribution in [3.05, 3.63) is 33.7 Å². The Morgan fingerprint density at radius 1 is 1.64 bits per heavy atom. The first-order chi connectivity index (χ1) is 6.70. The fraction of sp³-hybridized carbons (Fsp3) is 0.400. The van der Waals surface area contributed by atoms with Crippen molar-refractivity contribution in [1.82, 2.24) is 4.57 Å². The molecular weight excluding hydrogens is 180 g/mol. The summed E-state index contributed by atoms with van der Waals surface area (Å²) in [6.45, 7) is 2.69. The predicted molar refractivity (Wildman–Crippen MR) is 52.0 cm³/mol. The summed E-state index contributed by atoms with van der Waals surface area (Å²) in [7, 11) is 1.57. The van der Waals surface area contributed by atoms with Crippen LogP contribution in [0.4, 0.5) is 0 Å². The first-order valence-electron chi connectivity index (χ1n) is 4.29. The Hall–Kier alpha value is -1.60. The monoisotopic (exact) mass is 192 g/mol. The zero-order chi connectivity index (χ0) is 10.6. The fourth-order valence-corrected chi connectivity index (χ4v) is 1.17. The predicted octanol–water partition coefficient (Wildman–Crippen LogP) is 0.675. The molecule has 0 saturated carbocycles. The lowest BCUT2D eigenvalue weighted by molar-refractivity contribution is 0.186. The first-order valence-corrected chi connectivity index (χ1v) is 4.29. The molecule has 0 spiro atoms. The number of methoxy groups -OCH3 is 1. The molecule has 0 aliphatic carbocycles. The molecule has 0 amide bonds. The average molecular weight is 192 g/mol. The third-order valence-corrected chi connectivity index (χ3v) is 2.02. The minimum atomic E-state index is -0.246. The van der Waals surface area contributed by atoms with Crippen LogP contribution < -0.4 is 5.56 Å². The van der Waals surface area contributed by atoms with Crippen molar-refractivity contribution in [3.8, 4) is 6.07 Å². The van der Waals surface area contributed by atoms with Crippen molar-refractivity contribution in [2.75, 3.05) is 13.7 Å². The molecule has 0 aromatic carbocycles. The number of aryl methyl sites for hydroxylation is 1. The van der Waals surface area contributed by atoms with Crippen LogP contribution in [-0.4, -0.2) is 18.3 Å². The summed E-state index contributed by atoms with van der Waals surface area (Å²) in [6.07, 6.45) is 1.68. The number of rotatable bonds is 3. The van der Waals surface area contributed by atoms with E-state index in [1.807, 2.05) is 6.07 Å². The Morgan fingerprint density at radius 2 is 2.36 bits per heavy atom. The largest absolute Gasteiger partial charge is 0.383 e. The van der Waals surface area contributed by atoms with E-state index in [9.17, 15) is 4.79 Å². The van der Waals surface area contributed by atoms with Crippen molar-refractivity contribution in [2.45, 2.75) is 13.5 Å². The summed E-state index contributed by atoms with van der Waals surface area (Å²) >= 11 is 0. The van der Waals surface area contributed by atoms with E-state index in [0.29, 0.717) is 18.7 Å². The Labute approximate surface area is 82.4 Å². The van der Waals surface area contributed by atoms with Crippen molar-refractivity contribution < 1.29 is 4.74 Å². The molecule has 1 aromatic heterocycles. The van der Waals surface area contributed by atoms with Gasteiger partial charge in [0.25, 0.3) is 5.56 Å². The maximum absolute atomic E-state index is 11.6. The number of hydrogen-bond acceptors (Lipinski definition) is 3. The van der Waals surface area contributed by atoms with Gasteiger partial charge in [-0.15, -0.1) is 0 Å². The lowest BCUT2D eigenvalue weighted by Gasteiger charge is -2.05. The smallest absolute Gasteiger partial charge is 0.268 e. The van der Waals surface area contributed by atoms with Gasteiger partial charge in [-0.3, -0.25) is 4.79 Å². The van der Waals surface area contributed by atoms with Gasteiger partial charge in [0.05, 0.1) is 6.61 Å². The third kappa shape index (κ3) is 2.01. The lowest BCUT2D eigenvalue weighted by Crippen LogP contribution is -2.24. The highest BCUT2D eigenvalue weighted by Crippen LogP contribution is 1.99. The van der Waals surface area contributed by atoms with Gasteiger partial charge in [0.2, 0.25) is 0 Å². The van der Waals surface area contributed by atoms with Crippen LogP contribution in [0.1, 0.15) is 11.1 Å². The molecule has 0 saturated heterocycles. The van der Waals surface area contributed by atoms with Crippen LogP contribution in [-0.2, 0) is 11.3 Å². The van der Waals surface area contributed by atoms with Gasteiger partial charge in [0.15, 0.2) is 0 Å². The summed E-state index contributed by atoms with van der Waals surface area (Å²) in [5.74, 6) is 0. The van der Waals surface area contributed by atoms with Crippen molar-refractivity contribution in [3.63, 3.8) is 0 Å². The molecule has 1 heterocycles. The van der Waals surface area contributed by atoms with Crippen LogP contribution in [0.25, 0.3) is 0 Å². The maximum Gasteiger partial charge on any atom is 0.268 e. The van der Waals surface area contributed by atoms with E-state index in [2.05, 4.69) is 0 Å². The molecule has 0 bridgehead atoms. The molecule has 0 aliphatic rings. The summed E-state index contributed by atoms with van der Waals surface area (Å²) < 4.78 is 6.34. The average Bonchev–Trinajstić information content (AvgIpc) is 2.18. The van der Waals surface area contributed by atoms with Gasteiger partial charge in [-0.05, 0) is 18.6 Å². The van der Waals surface area contributed by atoms with E-state index < -0.39 is 0 Å². The van der Waals surface area contributed by atoms with E-state index >= 15 is 0 Å². The molecule has 0 N–H and O–H groups in total. The van der Waals surface area contributed by atoms with E-state index in [4.69, 9.17) is 10.00 Å². The molecule has 1 rings (SSSR count). The number of pyridine rings is 1. The summed E-state index contributed by atoms with van der Waals surface area (Å²) in [5.41, 5.74) is 0.680. The molecular formula is C10H12N2O2. The highest BCUT2D eigenvalue weighted by Gasteiger charge is 2.05. The Bertz CT molecular complexity index is 415. The van der Waals surface area contributed by atoms with Crippen molar-refractivity contribution in [2.24, 2.45) is 0 Å². The second kappa shape index (κ2) is 4.58. The normalized spacial score (nSPS) is 9.79. The number of aromatic nitrogens is 1. The van der Waals surface area contributed by atoms with Gasteiger partial charge in [-0.25, -0.2) is 0 Å². The number of hydrogen-bond donors (Lipinski definition) is 0. The van der Waals surface area contributed by atoms with E-state index in [-0.39, 0.29) is 11.1 Å². The highest BCUT2D eigenvalue weighted by molar-refractivity contribution is 5.33. The van der Waals surface area contributed by atoms with Crippen LogP contribution in [0, 0.1) is 18.3 Å². The van der Waals surface area contributed by atoms with Crippen LogP contribution in [0.5, 0.6) is 0 Å². The standard InChI is InChI=1S/C10H12N2O2/c1-8-3-4-12(5-6-14-2)10(13)9(8)7-11/h3-4H,5-6H2,1-2H3. The molecule has 14 heavy (non-hydrogen) atoms. The molecule has 1 aromatic rings. The Kier molecular flexibility index (Phi) is 3.43. The van der Waals surface area contributed by atoms with Crippen LogP contribution in [0.2, 0.25) is 0 Å². The van der Waals surface area contributed by atoms with E-state index in [1.165, 1.54) is 4.57 Å². The zero-order valence-corrected chi connectivity index (χ0v) is 8.28. The van der Waals surface area contributed by atoms with Gasteiger partial charge >= 0.3 is 0 Å². The Balaban J connectivity index is 3.11. The Morgan fingerprint density at radius 3 is 2.93 bits per heavy atom. The molecule has 74 valence electrons. The van der Waals surface area contributed by atoms with Gasteiger partial charge in [0.1, 0.15) is 11.6 Å². The van der Waals surface area contributed by atoms with Gasteiger partial charge in [0, 0.05) is 19.9 Å². The quantitative estimate of drug-likeness (QED) is 0.707. The number of nitriles is 1. The molecule has 0 unspecified atom stereocenters. The second-order valence-corrected chi connectivity index (χ2v) is 2.98. The molecule has 0 aliphatic heterocycles. The van der Waals surface area contributed by atoms with Crippen LogP contribution >= 0.6 is 0 Å². The van der Waals surface area contributed by atoms with Crippen LogP contribution in [0.3, 0.4) is 0 Å². The second-order valence-electron chi connectivity index (χ2n) is 2.98. The highest BCUT2D eigenvalue weighted by atomic mass is 16.5. The third-order valence-electron chi connectivity index (χ3n) is 2.02. The number of ether oxygens (including phenoxy) is 1. The lowest BCUT2D eigenvalue weighted by atomic mass is 10.2. The zero-order valence-electron chi connectivity index (χ0n) is 8.28. The van der Waals surface area contributed by atoms with Crippen LogP contribution in [0.15, 0.2) is 17.1 Å². The summed E-state index contributed by atoms with van der Waals surface area (Å²) in [5, 5.41) is 8.75. The fourth-order valence-electron chi connectivity index (χ4n) is 1.17. The van der Waals surface area contributed by atoms with Crippen molar-refractivity contribution in [1.29, 1.82) is 5.26 Å². The molecule has 0 atom stereocenters. The maximum atomic E-state index is 11.6. The first kappa shape index (κ1) is 10.5. The van der Waals surface area contributed by atoms with E-state index in [0.717, 1.165) is 0 Å². The molecule has 0 fully saturated rings. The topological polar surface area (TPSA) is 55.0 Å². The van der Waals surface area contributed by atoms with Crippen molar-refractivity contribution >= 4 is 0 Å². The minimum absolute atomic E-state index is 0.212. The van der Waals surface area contributed by atoms with Gasteiger partial charge < -0.3 is 9.30 Å². The molecule has 4 nitrogen and oxygen atoms in total. The number of nitrogens with zero attached hydrogens (tertiary/aromatic N) is 2. The molecule has 4 heteroatoms.